The van der Waals surface area contributed by atoms with E-state index in [1.165, 1.54) is 0 Å². The molecule has 2 aliphatic heterocycles. The van der Waals surface area contributed by atoms with Crippen molar-refractivity contribution in [1.82, 2.24) is 10.6 Å². The molecule has 2 rings (SSSR count). The highest BCUT2D eigenvalue weighted by atomic mass is 16.5. The van der Waals surface area contributed by atoms with Gasteiger partial charge in [-0.3, -0.25) is 4.79 Å². The van der Waals surface area contributed by atoms with Gasteiger partial charge in [-0.15, -0.1) is 0 Å². The maximum Gasteiger partial charge on any atom is 0.227 e. The number of likely N-dealkylation sites (N-methyl/N-ethyl adjacent to an activating group) is 1. The van der Waals surface area contributed by atoms with E-state index < -0.39 is 0 Å². The van der Waals surface area contributed by atoms with E-state index in [1.807, 2.05) is 14.0 Å². The standard InChI is InChI=1S/C12H22N2O3/c1-8-5-9(3-4-17-8)14-12(15)10-6-16-7-11(10)13-2/h8-11,13H,3-7H2,1-2H3,(H,14,15). The zero-order chi connectivity index (χ0) is 12.3. The third-order valence-electron chi connectivity index (χ3n) is 3.62. The first-order chi connectivity index (χ1) is 8.20. The van der Waals surface area contributed by atoms with Crippen molar-refractivity contribution in [3.63, 3.8) is 0 Å². The predicted octanol–water partition coefficient (Wildman–Crippen LogP) is -0.0955. The molecule has 0 saturated carbocycles. The molecular formula is C12H22N2O3. The molecule has 2 heterocycles. The van der Waals surface area contributed by atoms with Crippen LogP contribution < -0.4 is 10.6 Å². The van der Waals surface area contributed by atoms with Gasteiger partial charge in [-0.1, -0.05) is 0 Å². The summed E-state index contributed by atoms with van der Waals surface area (Å²) in [5.41, 5.74) is 0. The summed E-state index contributed by atoms with van der Waals surface area (Å²) in [7, 11) is 1.87. The van der Waals surface area contributed by atoms with Gasteiger partial charge in [-0.05, 0) is 26.8 Å². The molecule has 98 valence electrons. The monoisotopic (exact) mass is 242 g/mol. The maximum absolute atomic E-state index is 12.1. The lowest BCUT2D eigenvalue weighted by Gasteiger charge is -2.29. The minimum atomic E-state index is -0.0573. The average molecular weight is 242 g/mol. The van der Waals surface area contributed by atoms with Gasteiger partial charge in [-0.2, -0.15) is 0 Å². The summed E-state index contributed by atoms with van der Waals surface area (Å²) in [6.07, 6.45) is 2.06. The third-order valence-corrected chi connectivity index (χ3v) is 3.62. The Morgan fingerprint density at radius 2 is 2.18 bits per heavy atom. The van der Waals surface area contributed by atoms with Crippen LogP contribution in [0.15, 0.2) is 0 Å². The van der Waals surface area contributed by atoms with Gasteiger partial charge in [0, 0.05) is 18.7 Å². The number of carbonyl (C=O) groups is 1. The first-order valence-corrected chi connectivity index (χ1v) is 6.37. The fourth-order valence-electron chi connectivity index (χ4n) is 2.53. The molecule has 4 atom stereocenters. The average Bonchev–Trinajstić information content (AvgIpc) is 2.77. The van der Waals surface area contributed by atoms with Crippen molar-refractivity contribution in [2.24, 2.45) is 5.92 Å². The molecule has 2 saturated heterocycles. The molecule has 5 heteroatoms. The number of hydrogen-bond acceptors (Lipinski definition) is 4. The third kappa shape index (κ3) is 3.18. The van der Waals surface area contributed by atoms with Gasteiger partial charge in [0.15, 0.2) is 0 Å². The Hall–Kier alpha value is -0.650. The molecule has 17 heavy (non-hydrogen) atoms. The quantitative estimate of drug-likeness (QED) is 0.726. The molecule has 0 aromatic carbocycles. The first-order valence-electron chi connectivity index (χ1n) is 6.37. The molecule has 0 spiro atoms. The van der Waals surface area contributed by atoms with Gasteiger partial charge in [0.1, 0.15) is 0 Å². The second-order valence-corrected chi connectivity index (χ2v) is 4.95. The van der Waals surface area contributed by atoms with Crippen LogP contribution in [0.25, 0.3) is 0 Å². The zero-order valence-corrected chi connectivity index (χ0v) is 10.6. The first kappa shape index (κ1) is 12.8. The molecule has 0 aromatic rings. The summed E-state index contributed by atoms with van der Waals surface area (Å²) in [4.78, 5) is 12.1. The molecule has 4 unspecified atom stereocenters. The van der Waals surface area contributed by atoms with Gasteiger partial charge >= 0.3 is 0 Å². The van der Waals surface area contributed by atoms with Crippen molar-refractivity contribution in [3.05, 3.63) is 0 Å². The van der Waals surface area contributed by atoms with E-state index in [9.17, 15) is 4.79 Å². The summed E-state index contributed by atoms with van der Waals surface area (Å²) in [5, 5.41) is 6.25. The summed E-state index contributed by atoms with van der Waals surface area (Å²) in [6, 6.07) is 0.400. The molecule has 0 radical (unpaired) electrons. The van der Waals surface area contributed by atoms with E-state index >= 15 is 0 Å². The summed E-state index contributed by atoms with van der Waals surface area (Å²) >= 11 is 0. The van der Waals surface area contributed by atoms with Gasteiger partial charge in [0.05, 0.1) is 25.2 Å². The summed E-state index contributed by atoms with van der Waals surface area (Å²) in [6.45, 7) is 3.94. The van der Waals surface area contributed by atoms with Crippen molar-refractivity contribution in [2.75, 3.05) is 26.9 Å². The second-order valence-electron chi connectivity index (χ2n) is 4.95. The molecule has 0 aromatic heterocycles. The smallest absolute Gasteiger partial charge is 0.227 e. The Balaban J connectivity index is 1.83. The fraction of sp³-hybridized carbons (Fsp3) is 0.917. The number of nitrogens with one attached hydrogen (secondary N) is 2. The summed E-state index contributed by atoms with van der Waals surface area (Å²) in [5.74, 6) is 0.0547. The number of ether oxygens (including phenoxy) is 2. The van der Waals surface area contributed by atoms with E-state index in [-0.39, 0.29) is 30.0 Å². The molecule has 0 bridgehead atoms. The van der Waals surface area contributed by atoms with Gasteiger partial charge in [0.2, 0.25) is 5.91 Å². The Morgan fingerprint density at radius 3 is 2.88 bits per heavy atom. The molecule has 0 aliphatic carbocycles. The van der Waals surface area contributed by atoms with Gasteiger partial charge < -0.3 is 20.1 Å². The Labute approximate surface area is 102 Å². The normalized spacial score (nSPS) is 38.0. The van der Waals surface area contributed by atoms with Crippen LogP contribution in [-0.2, 0) is 14.3 Å². The van der Waals surface area contributed by atoms with E-state index in [0.29, 0.717) is 13.2 Å². The Morgan fingerprint density at radius 1 is 1.35 bits per heavy atom. The fourth-order valence-corrected chi connectivity index (χ4v) is 2.53. The topological polar surface area (TPSA) is 59.6 Å². The number of carbonyl (C=O) groups excluding carboxylic acids is 1. The number of rotatable bonds is 3. The van der Waals surface area contributed by atoms with Crippen LogP contribution in [0.4, 0.5) is 0 Å². The summed E-state index contributed by atoms with van der Waals surface area (Å²) < 4.78 is 10.8. The van der Waals surface area contributed by atoms with Crippen molar-refractivity contribution < 1.29 is 14.3 Å². The van der Waals surface area contributed by atoms with Crippen molar-refractivity contribution in [1.29, 1.82) is 0 Å². The highest BCUT2D eigenvalue weighted by Crippen LogP contribution is 2.17. The van der Waals surface area contributed by atoms with Crippen LogP contribution in [-0.4, -0.2) is 51.0 Å². The van der Waals surface area contributed by atoms with E-state index in [1.54, 1.807) is 0 Å². The lowest BCUT2D eigenvalue weighted by Crippen LogP contribution is -2.48. The molecule has 2 N–H and O–H groups in total. The van der Waals surface area contributed by atoms with Crippen LogP contribution in [0.5, 0.6) is 0 Å². The lowest BCUT2D eigenvalue weighted by molar-refractivity contribution is -0.127. The van der Waals surface area contributed by atoms with Crippen molar-refractivity contribution in [2.45, 2.75) is 38.0 Å². The number of amides is 1. The minimum absolute atomic E-state index is 0.0573. The molecule has 2 fully saturated rings. The van der Waals surface area contributed by atoms with Gasteiger partial charge in [-0.25, -0.2) is 0 Å². The Kier molecular flexibility index (Phi) is 4.36. The second kappa shape index (κ2) is 5.80. The molecule has 5 nitrogen and oxygen atoms in total. The highest BCUT2D eigenvalue weighted by molar-refractivity contribution is 5.80. The van der Waals surface area contributed by atoms with Crippen LogP contribution in [0, 0.1) is 5.92 Å². The van der Waals surface area contributed by atoms with E-state index in [0.717, 1.165) is 19.4 Å². The minimum Gasteiger partial charge on any atom is -0.379 e. The van der Waals surface area contributed by atoms with Gasteiger partial charge in [0.25, 0.3) is 0 Å². The van der Waals surface area contributed by atoms with Crippen molar-refractivity contribution in [3.8, 4) is 0 Å². The van der Waals surface area contributed by atoms with Crippen LogP contribution in [0.1, 0.15) is 19.8 Å². The van der Waals surface area contributed by atoms with Crippen LogP contribution in [0.3, 0.4) is 0 Å². The van der Waals surface area contributed by atoms with Crippen LogP contribution >= 0.6 is 0 Å². The lowest BCUT2D eigenvalue weighted by atomic mass is 10.00. The maximum atomic E-state index is 12.1. The van der Waals surface area contributed by atoms with E-state index in [2.05, 4.69) is 10.6 Å². The largest absolute Gasteiger partial charge is 0.379 e. The van der Waals surface area contributed by atoms with Crippen molar-refractivity contribution >= 4 is 5.91 Å². The Bertz CT molecular complexity index is 272. The van der Waals surface area contributed by atoms with Crippen LogP contribution in [0.2, 0.25) is 0 Å². The molecular weight excluding hydrogens is 220 g/mol. The predicted molar refractivity (Wildman–Crippen MR) is 63.7 cm³/mol. The van der Waals surface area contributed by atoms with E-state index in [4.69, 9.17) is 9.47 Å². The molecule has 2 aliphatic rings. The highest BCUT2D eigenvalue weighted by Gasteiger charge is 2.34. The SMILES string of the molecule is CNC1COCC1C(=O)NC1CCOC(C)C1. The molecule has 1 amide bonds. The zero-order valence-electron chi connectivity index (χ0n) is 10.6. The number of hydrogen-bond donors (Lipinski definition) is 2.